The summed E-state index contributed by atoms with van der Waals surface area (Å²) in [5, 5.41) is 0. The first-order valence-electron chi connectivity index (χ1n) is 5.57. The van der Waals surface area contributed by atoms with Gasteiger partial charge in [-0.25, -0.2) is 0 Å². The van der Waals surface area contributed by atoms with E-state index in [4.69, 9.17) is 5.73 Å². The number of aryl methyl sites for hydroxylation is 1. The summed E-state index contributed by atoms with van der Waals surface area (Å²) in [5.74, 6) is -0.314. The lowest BCUT2D eigenvalue weighted by atomic mass is 10.00. The van der Waals surface area contributed by atoms with E-state index in [1.165, 1.54) is 6.07 Å². The van der Waals surface area contributed by atoms with Crippen LogP contribution in [-0.2, 0) is 0 Å². The molecule has 2 aromatic carbocycles. The standard InChI is InChI=1S/C14H12F3NO/c1-9-4-2-3-5-13(9)10-6-11(18)8-12(7-10)19-14(15,16)17/h2-8H,18H2,1H3. The summed E-state index contributed by atoms with van der Waals surface area (Å²) in [6.07, 6.45) is -4.73. The lowest BCUT2D eigenvalue weighted by Gasteiger charge is -2.12. The molecule has 0 atom stereocenters. The lowest BCUT2D eigenvalue weighted by molar-refractivity contribution is -0.274. The fourth-order valence-electron chi connectivity index (χ4n) is 1.87. The molecule has 2 aromatic rings. The van der Waals surface area contributed by atoms with Crippen molar-refractivity contribution in [2.75, 3.05) is 5.73 Å². The topological polar surface area (TPSA) is 35.2 Å². The summed E-state index contributed by atoms with van der Waals surface area (Å²) in [6, 6.07) is 11.5. The minimum atomic E-state index is -4.73. The molecule has 100 valence electrons. The fraction of sp³-hybridized carbons (Fsp3) is 0.143. The van der Waals surface area contributed by atoms with Crippen LogP contribution in [0.25, 0.3) is 11.1 Å². The zero-order chi connectivity index (χ0) is 14.0. The number of anilines is 1. The van der Waals surface area contributed by atoms with Gasteiger partial charge in [0.15, 0.2) is 0 Å². The molecule has 19 heavy (non-hydrogen) atoms. The van der Waals surface area contributed by atoms with Gasteiger partial charge in [0.2, 0.25) is 0 Å². The Kier molecular flexibility index (Phi) is 3.38. The quantitative estimate of drug-likeness (QED) is 0.830. The largest absolute Gasteiger partial charge is 0.573 e. The van der Waals surface area contributed by atoms with Crippen molar-refractivity contribution in [2.24, 2.45) is 0 Å². The van der Waals surface area contributed by atoms with Crippen LogP contribution in [0.2, 0.25) is 0 Å². The average Bonchev–Trinajstić information content (AvgIpc) is 2.26. The second kappa shape index (κ2) is 4.84. The van der Waals surface area contributed by atoms with E-state index in [1.54, 1.807) is 6.07 Å². The van der Waals surface area contributed by atoms with Crippen LogP contribution in [-0.4, -0.2) is 6.36 Å². The molecule has 0 radical (unpaired) electrons. The van der Waals surface area contributed by atoms with E-state index in [-0.39, 0.29) is 11.4 Å². The molecule has 0 aromatic heterocycles. The van der Waals surface area contributed by atoms with Crippen LogP contribution in [0.3, 0.4) is 0 Å². The molecule has 2 N–H and O–H groups in total. The molecule has 0 saturated carbocycles. The Labute approximate surface area is 108 Å². The molecular formula is C14H12F3NO. The first-order chi connectivity index (χ1) is 8.85. The molecule has 2 nitrogen and oxygen atoms in total. The highest BCUT2D eigenvalue weighted by Gasteiger charge is 2.31. The van der Waals surface area contributed by atoms with E-state index in [0.717, 1.165) is 17.2 Å². The minimum Gasteiger partial charge on any atom is -0.406 e. The number of nitrogens with two attached hydrogens (primary N) is 1. The zero-order valence-electron chi connectivity index (χ0n) is 10.2. The van der Waals surface area contributed by atoms with E-state index in [1.807, 2.05) is 31.2 Å². The van der Waals surface area contributed by atoms with Gasteiger partial charge in [0, 0.05) is 11.8 Å². The van der Waals surface area contributed by atoms with Gasteiger partial charge in [0.1, 0.15) is 5.75 Å². The van der Waals surface area contributed by atoms with E-state index in [2.05, 4.69) is 4.74 Å². The Hall–Kier alpha value is -2.17. The van der Waals surface area contributed by atoms with Gasteiger partial charge >= 0.3 is 6.36 Å². The molecule has 5 heteroatoms. The first-order valence-corrected chi connectivity index (χ1v) is 5.57. The highest BCUT2D eigenvalue weighted by molar-refractivity contribution is 5.72. The molecule has 0 aliphatic heterocycles. The molecule has 0 fully saturated rings. The second-order valence-corrected chi connectivity index (χ2v) is 4.15. The van der Waals surface area contributed by atoms with Gasteiger partial charge < -0.3 is 10.5 Å². The van der Waals surface area contributed by atoms with Crippen molar-refractivity contribution in [3.05, 3.63) is 48.0 Å². The van der Waals surface area contributed by atoms with Gasteiger partial charge in [-0.15, -0.1) is 13.2 Å². The monoisotopic (exact) mass is 267 g/mol. The minimum absolute atomic E-state index is 0.222. The maximum atomic E-state index is 12.2. The van der Waals surface area contributed by atoms with Gasteiger partial charge in [0.05, 0.1) is 0 Å². The van der Waals surface area contributed by atoms with Gasteiger partial charge in [0.25, 0.3) is 0 Å². The summed E-state index contributed by atoms with van der Waals surface area (Å²) in [7, 11) is 0. The number of halogens is 3. The van der Waals surface area contributed by atoms with Crippen LogP contribution in [0.15, 0.2) is 42.5 Å². The van der Waals surface area contributed by atoms with Gasteiger partial charge in [-0.2, -0.15) is 0 Å². The van der Waals surface area contributed by atoms with Gasteiger partial charge in [-0.3, -0.25) is 0 Å². The molecule has 0 aliphatic rings. The summed E-state index contributed by atoms with van der Waals surface area (Å²) in [4.78, 5) is 0. The Balaban J connectivity index is 2.45. The van der Waals surface area contributed by atoms with Crippen molar-refractivity contribution < 1.29 is 17.9 Å². The van der Waals surface area contributed by atoms with Crippen molar-refractivity contribution in [3.63, 3.8) is 0 Å². The molecule has 0 amide bonds. The van der Waals surface area contributed by atoms with Crippen LogP contribution in [0, 0.1) is 6.92 Å². The number of nitrogen functional groups attached to an aromatic ring is 1. The summed E-state index contributed by atoms with van der Waals surface area (Å²) in [5.41, 5.74) is 8.21. The maximum Gasteiger partial charge on any atom is 0.573 e. The predicted molar refractivity (Wildman–Crippen MR) is 67.7 cm³/mol. The zero-order valence-corrected chi connectivity index (χ0v) is 10.2. The van der Waals surface area contributed by atoms with Gasteiger partial charge in [-0.1, -0.05) is 24.3 Å². The Morgan fingerprint density at radius 1 is 1.05 bits per heavy atom. The van der Waals surface area contributed by atoms with E-state index in [0.29, 0.717) is 5.56 Å². The number of alkyl halides is 3. The summed E-state index contributed by atoms with van der Waals surface area (Å²) in [6.45, 7) is 1.88. The molecule has 0 bridgehead atoms. The fourth-order valence-corrected chi connectivity index (χ4v) is 1.87. The first kappa shape index (κ1) is 13.3. The summed E-state index contributed by atoms with van der Waals surface area (Å²) < 4.78 is 40.6. The van der Waals surface area contributed by atoms with Gasteiger partial charge in [-0.05, 0) is 35.7 Å². The van der Waals surface area contributed by atoms with Crippen molar-refractivity contribution in [3.8, 4) is 16.9 Å². The Morgan fingerprint density at radius 2 is 1.74 bits per heavy atom. The van der Waals surface area contributed by atoms with E-state index < -0.39 is 6.36 Å². The summed E-state index contributed by atoms with van der Waals surface area (Å²) >= 11 is 0. The normalized spacial score (nSPS) is 11.4. The third-order valence-electron chi connectivity index (χ3n) is 2.62. The van der Waals surface area contributed by atoms with Crippen LogP contribution >= 0.6 is 0 Å². The number of benzene rings is 2. The third kappa shape index (κ3) is 3.40. The molecule has 0 unspecified atom stereocenters. The molecule has 0 heterocycles. The van der Waals surface area contributed by atoms with E-state index in [9.17, 15) is 13.2 Å². The molecule has 2 rings (SSSR count). The lowest BCUT2D eigenvalue weighted by Crippen LogP contribution is -2.17. The SMILES string of the molecule is Cc1ccccc1-c1cc(N)cc(OC(F)(F)F)c1. The van der Waals surface area contributed by atoms with Crippen LogP contribution in [0.1, 0.15) is 5.56 Å². The number of hydrogen-bond acceptors (Lipinski definition) is 2. The Morgan fingerprint density at radius 3 is 2.37 bits per heavy atom. The van der Waals surface area contributed by atoms with Crippen molar-refractivity contribution in [1.82, 2.24) is 0 Å². The van der Waals surface area contributed by atoms with Crippen LogP contribution in [0.5, 0.6) is 5.75 Å². The van der Waals surface area contributed by atoms with Crippen molar-refractivity contribution in [1.29, 1.82) is 0 Å². The van der Waals surface area contributed by atoms with E-state index >= 15 is 0 Å². The van der Waals surface area contributed by atoms with Crippen LogP contribution in [0.4, 0.5) is 18.9 Å². The maximum absolute atomic E-state index is 12.2. The van der Waals surface area contributed by atoms with Crippen molar-refractivity contribution in [2.45, 2.75) is 13.3 Å². The number of hydrogen-bond donors (Lipinski definition) is 1. The molecular weight excluding hydrogens is 255 g/mol. The highest BCUT2D eigenvalue weighted by atomic mass is 19.4. The Bertz CT molecular complexity index is 593. The average molecular weight is 267 g/mol. The second-order valence-electron chi connectivity index (χ2n) is 4.15. The molecule has 0 saturated heterocycles. The number of ether oxygens (including phenoxy) is 1. The van der Waals surface area contributed by atoms with Crippen LogP contribution < -0.4 is 10.5 Å². The third-order valence-corrected chi connectivity index (χ3v) is 2.62. The predicted octanol–water partition coefficient (Wildman–Crippen LogP) is 4.14. The van der Waals surface area contributed by atoms with Crippen molar-refractivity contribution >= 4 is 5.69 Å². The highest BCUT2D eigenvalue weighted by Crippen LogP contribution is 2.32. The molecule has 0 spiro atoms. The number of rotatable bonds is 2. The molecule has 0 aliphatic carbocycles. The smallest absolute Gasteiger partial charge is 0.406 e.